The van der Waals surface area contributed by atoms with E-state index in [4.69, 9.17) is 11.0 Å². The molecule has 0 fully saturated rings. The molecule has 0 atom stereocenters. The summed E-state index contributed by atoms with van der Waals surface area (Å²) >= 11 is 0. The van der Waals surface area contributed by atoms with Crippen LogP contribution in [-0.2, 0) is 0 Å². The van der Waals surface area contributed by atoms with Gasteiger partial charge in [-0.3, -0.25) is 4.90 Å². The van der Waals surface area contributed by atoms with Crippen molar-refractivity contribution < 1.29 is 0 Å². The summed E-state index contributed by atoms with van der Waals surface area (Å²) in [5, 5.41) is 12.2. The van der Waals surface area contributed by atoms with Gasteiger partial charge in [0.1, 0.15) is 6.07 Å². The molecule has 4 nitrogen and oxygen atoms in total. The van der Waals surface area contributed by atoms with Gasteiger partial charge in [-0.15, -0.1) is 0 Å². The molecule has 0 heterocycles. The van der Waals surface area contributed by atoms with Crippen molar-refractivity contribution in [1.29, 1.82) is 5.26 Å². The molecule has 0 aromatic heterocycles. The summed E-state index contributed by atoms with van der Waals surface area (Å²) in [5.74, 6) is 0. The van der Waals surface area contributed by atoms with Crippen LogP contribution >= 0.6 is 0 Å². The number of nitrogens with zero attached hydrogens (tertiary/aromatic N) is 2. The van der Waals surface area contributed by atoms with Gasteiger partial charge >= 0.3 is 0 Å². The lowest BCUT2D eigenvalue weighted by Crippen LogP contribution is -2.40. The monoisotopic (exact) mass is 260 g/mol. The SMILES string of the molecule is CC(C)N(CCNc1ccc(C#N)c(N)c1)C(C)C. The van der Waals surface area contributed by atoms with E-state index in [2.05, 4.69) is 44.0 Å². The van der Waals surface area contributed by atoms with E-state index in [9.17, 15) is 0 Å². The third-order valence-corrected chi connectivity index (χ3v) is 3.20. The van der Waals surface area contributed by atoms with Crippen molar-refractivity contribution in [1.82, 2.24) is 4.90 Å². The van der Waals surface area contributed by atoms with E-state index in [1.165, 1.54) is 0 Å². The number of rotatable bonds is 6. The van der Waals surface area contributed by atoms with Gasteiger partial charge in [0.05, 0.1) is 11.3 Å². The lowest BCUT2D eigenvalue weighted by Gasteiger charge is -2.30. The minimum atomic E-state index is 0.525. The maximum atomic E-state index is 8.82. The van der Waals surface area contributed by atoms with Crippen LogP contribution in [0.3, 0.4) is 0 Å². The van der Waals surface area contributed by atoms with Gasteiger partial charge in [0.25, 0.3) is 0 Å². The van der Waals surface area contributed by atoms with Crippen LogP contribution in [0.1, 0.15) is 33.3 Å². The van der Waals surface area contributed by atoms with E-state index >= 15 is 0 Å². The van der Waals surface area contributed by atoms with Crippen LogP contribution in [0.5, 0.6) is 0 Å². The average Bonchev–Trinajstić information content (AvgIpc) is 2.33. The first kappa shape index (κ1) is 15.3. The Balaban J connectivity index is 2.54. The summed E-state index contributed by atoms with van der Waals surface area (Å²) < 4.78 is 0. The molecule has 0 unspecified atom stereocenters. The largest absolute Gasteiger partial charge is 0.398 e. The Morgan fingerprint density at radius 3 is 2.37 bits per heavy atom. The second-order valence-corrected chi connectivity index (χ2v) is 5.27. The fraction of sp³-hybridized carbons (Fsp3) is 0.533. The van der Waals surface area contributed by atoms with Gasteiger partial charge in [-0.05, 0) is 45.9 Å². The summed E-state index contributed by atoms with van der Waals surface area (Å²) in [5.41, 5.74) is 7.80. The summed E-state index contributed by atoms with van der Waals surface area (Å²) in [6, 6.07) is 8.59. The first-order valence-corrected chi connectivity index (χ1v) is 6.75. The van der Waals surface area contributed by atoms with E-state index < -0.39 is 0 Å². The first-order valence-electron chi connectivity index (χ1n) is 6.75. The highest BCUT2D eigenvalue weighted by Crippen LogP contribution is 2.17. The van der Waals surface area contributed by atoms with Gasteiger partial charge in [-0.25, -0.2) is 0 Å². The molecule has 0 radical (unpaired) electrons. The Morgan fingerprint density at radius 1 is 1.26 bits per heavy atom. The van der Waals surface area contributed by atoms with Crippen LogP contribution in [0.15, 0.2) is 18.2 Å². The predicted octanol–water partition coefficient (Wildman–Crippen LogP) is 2.67. The molecule has 0 aliphatic rings. The Kier molecular flexibility index (Phi) is 5.65. The number of nitrogens with two attached hydrogens (primary N) is 1. The summed E-state index contributed by atoms with van der Waals surface area (Å²) in [7, 11) is 0. The number of hydrogen-bond donors (Lipinski definition) is 2. The smallest absolute Gasteiger partial charge is 0.101 e. The summed E-state index contributed by atoms with van der Waals surface area (Å²) in [6.07, 6.45) is 0. The topological polar surface area (TPSA) is 65.1 Å². The molecule has 1 aromatic carbocycles. The van der Waals surface area contributed by atoms with Crippen LogP contribution in [0, 0.1) is 11.3 Å². The van der Waals surface area contributed by atoms with Gasteiger partial charge in [-0.2, -0.15) is 5.26 Å². The number of nitrogen functional groups attached to an aromatic ring is 1. The Hall–Kier alpha value is -1.73. The fourth-order valence-corrected chi connectivity index (χ4v) is 2.22. The molecule has 19 heavy (non-hydrogen) atoms. The molecule has 1 rings (SSSR count). The zero-order valence-corrected chi connectivity index (χ0v) is 12.3. The molecule has 0 bridgehead atoms. The molecule has 1 aromatic rings. The Bertz CT molecular complexity index is 438. The summed E-state index contributed by atoms with van der Waals surface area (Å²) in [4.78, 5) is 2.43. The molecule has 0 spiro atoms. The van der Waals surface area contributed by atoms with Crippen LogP contribution in [0.25, 0.3) is 0 Å². The van der Waals surface area contributed by atoms with E-state index in [0.29, 0.717) is 23.3 Å². The number of nitriles is 1. The number of anilines is 2. The van der Waals surface area contributed by atoms with Crippen LogP contribution < -0.4 is 11.1 Å². The van der Waals surface area contributed by atoms with E-state index in [1.54, 1.807) is 6.07 Å². The van der Waals surface area contributed by atoms with Crippen LogP contribution in [0.4, 0.5) is 11.4 Å². The Labute approximate surface area is 116 Å². The molecule has 0 amide bonds. The minimum absolute atomic E-state index is 0.525. The second-order valence-electron chi connectivity index (χ2n) is 5.27. The number of nitrogens with one attached hydrogen (secondary N) is 1. The van der Waals surface area contributed by atoms with Crippen molar-refractivity contribution in [3.63, 3.8) is 0 Å². The minimum Gasteiger partial charge on any atom is -0.398 e. The highest BCUT2D eigenvalue weighted by molar-refractivity contribution is 5.62. The van der Waals surface area contributed by atoms with Gasteiger partial charge in [-0.1, -0.05) is 0 Å². The van der Waals surface area contributed by atoms with Crippen molar-refractivity contribution in [3.8, 4) is 6.07 Å². The van der Waals surface area contributed by atoms with Gasteiger partial charge in [0.2, 0.25) is 0 Å². The molecule has 0 saturated heterocycles. The second kappa shape index (κ2) is 7.01. The third kappa shape index (κ3) is 4.46. The molecule has 3 N–H and O–H groups in total. The van der Waals surface area contributed by atoms with Crippen molar-refractivity contribution in [2.24, 2.45) is 0 Å². The molecule has 104 valence electrons. The average molecular weight is 260 g/mol. The molecule has 4 heteroatoms. The molecular formula is C15H24N4. The molecule has 0 aliphatic heterocycles. The zero-order valence-electron chi connectivity index (χ0n) is 12.3. The lowest BCUT2D eigenvalue weighted by molar-refractivity contribution is 0.182. The van der Waals surface area contributed by atoms with Gasteiger partial charge in [0, 0.05) is 30.9 Å². The van der Waals surface area contributed by atoms with Crippen molar-refractivity contribution in [3.05, 3.63) is 23.8 Å². The quantitative estimate of drug-likeness (QED) is 0.772. The molecule has 0 saturated carbocycles. The van der Waals surface area contributed by atoms with Crippen molar-refractivity contribution in [2.45, 2.75) is 39.8 Å². The predicted molar refractivity (Wildman–Crippen MR) is 81.0 cm³/mol. The highest BCUT2D eigenvalue weighted by atomic mass is 15.2. The molecular weight excluding hydrogens is 236 g/mol. The van der Waals surface area contributed by atoms with Crippen LogP contribution in [0.2, 0.25) is 0 Å². The lowest BCUT2D eigenvalue weighted by atomic mass is 10.2. The van der Waals surface area contributed by atoms with Crippen molar-refractivity contribution in [2.75, 3.05) is 24.1 Å². The fourth-order valence-electron chi connectivity index (χ4n) is 2.22. The number of benzene rings is 1. The zero-order chi connectivity index (χ0) is 14.4. The Morgan fingerprint density at radius 2 is 1.89 bits per heavy atom. The first-order chi connectivity index (χ1) is 8.95. The van der Waals surface area contributed by atoms with Gasteiger partial charge < -0.3 is 11.1 Å². The summed E-state index contributed by atoms with van der Waals surface area (Å²) in [6.45, 7) is 10.7. The standard InChI is InChI=1S/C15H24N4/c1-11(2)19(12(3)4)8-7-18-14-6-5-13(10-16)15(17)9-14/h5-6,9,11-12,18H,7-8,17H2,1-4H3. The van der Waals surface area contributed by atoms with Crippen LogP contribution in [-0.4, -0.2) is 30.1 Å². The normalized spacial score (nSPS) is 11.1. The van der Waals surface area contributed by atoms with Crippen molar-refractivity contribution >= 4 is 11.4 Å². The van der Waals surface area contributed by atoms with E-state index in [0.717, 1.165) is 18.8 Å². The third-order valence-electron chi connectivity index (χ3n) is 3.20. The maximum Gasteiger partial charge on any atom is 0.101 e. The highest BCUT2D eigenvalue weighted by Gasteiger charge is 2.12. The molecule has 0 aliphatic carbocycles. The van der Waals surface area contributed by atoms with E-state index in [1.807, 2.05) is 12.1 Å². The number of hydrogen-bond acceptors (Lipinski definition) is 4. The maximum absolute atomic E-state index is 8.82. The van der Waals surface area contributed by atoms with E-state index in [-0.39, 0.29) is 0 Å². The van der Waals surface area contributed by atoms with Gasteiger partial charge in [0.15, 0.2) is 0 Å².